The predicted octanol–water partition coefficient (Wildman–Crippen LogP) is 2.59. The van der Waals surface area contributed by atoms with E-state index in [0.29, 0.717) is 11.5 Å². The Morgan fingerprint density at radius 3 is 2.74 bits per heavy atom. The third-order valence-corrected chi connectivity index (χ3v) is 3.90. The minimum absolute atomic E-state index is 0.0584. The number of esters is 1. The number of carbonyl (C=O) groups is 2. The Hall–Kier alpha value is -2.63. The highest BCUT2D eigenvalue weighted by molar-refractivity contribution is 5.96. The van der Waals surface area contributed by atoms with E-state index in [9.17, 15) is 9.59 Å². The van der Waals surface area contributed by atoms with Gasteiger partial charge in [0.15, 0.2) is 0 Å². The third-order valence-electron chi connectivity index (χ3n) is 3.90. The molecule has 2 aromatic rings. The summed E-state index contributed by atoms with van der Waals surface area (Å²) in [6.45, 7) is 0. The largest absolute Gasteiger partial charge is 0.469 e. The minimum Gasteiger partial charge on any atom is -0.469 e. The number of rotatable bonds is 6. The Morgan fingerprint density at radius 1 is 1.35 bits per heavy atom. The van der Waals surface area contributed by atoms with Crippen molar-refractivity contribution in [2.24, 2.45) is 0 Å². The number of pyridine rings is 1. The molecule has 1 atom stereocenters. The van der Waals surface area contributed by atoms with Crippen LogP contribution in [-0.4, -0.2) is 24.0 Å². The average molecular weight is 314 g/mol. The van der Waals surface area contributed by atoms with E-state index >= 15 is 0 Å². The second kappa shape index (κ2) is 6.64. The van der Waals surface area contributed by atoms with Gasteiger partial charge in [-0.2, -0.15) is 0 Å². The number of hydrogen-bond donors (Lipinski definition) is 1. The number of methoxy groups -OCH3 is 1. The van der Waals surface area contributed by atoms with Gasteiger partial charge >= 0.3 is 5.97 Å². The predicted molar refractivity (Wildman–Crippen MR) is 81.8 cm³/mol. The van der Waals surface area contributed by atoms with Crippen LogP contribution in [-0.2, 0) is 9.53 Å². The van der Waals surface area contributed by atoms with Crippen LogP contribution in [0.4, 0.5) is 0 Å². The zero-order chi connectivity index (χ0) is 16.2. The van der Waals surface area contributed by atoms with Crippen LogP contribution in [0.5, 0.6) is 0 Å². The topological polar surface area (TPSA) is 81.4 Å². The van der Waals surface area contributed by atoms with Crippen LogP contribution in [0, 0.1) is 0 Å². The first kappa shape index (κ1) is 15.3. The van der Waals surface area contributed by atoms with Crippen molar-refractivity contribution in [3.05, 3.63) is 53.7 Å². The van der Waals surface area contributed by atoms with Gasteiger partial charge in [-0.15, -0.1) is 0 Å². The summed E-state index contributed by atoms with van der Waals surface area (Å²) in [6.07, 6.45) is 6.93. The lowest BCUT2D eigenvalue weighted by atomic mass is 10.0. The maximum atomic E-state index is 12.6. The fraction of sp³-hybridized carbons (Fsp3) is 0.353. The highest BCUT2D eigenvalue weighted by Crippen LogP contribution is 2.42. The molecule has 0 bridgehead atoms. The Labute approximate surface area is 133 Å². The van der Waals surface area contributed by atoms with Crippen LogP contribution in [0.2, 0.25) is 0 Å². The van der Waals surface area contributed by atoms with Crippen LogP contribution in [0.25, 0.3) is 0 Å². The molecule has 0 radical (unpaired) electrons. The normalized spacial score (nSPS) is 15.0. The van der Waals surface area contributed by atoms with Crippen molar-refractivity contribution in [1.82, 2.24) is 10.3 Å². The molecule has 2 heterocycles. The minimum atomic E-state index is -0.472. The van der Waals surface area contributed by atoms with Gasteiger partial charge in [0.1, 0.15) is 5.76 Å². The van der Waals surface area contributed by atoms with E-state index in [1.54, 1.807) is 30.6 Å². The van der Waals surface area contributed by atoms with Crippen molar-refractivity contribution in [1.29, 1.82) is 0 Å². The van der Waals surface area contributed by atoms with Gasteiger partial charge in [0, 0.05) is 18.3 Å². The van der Waals surface area contributed by atoms with Gasteiger partial charge in [-0.25, -0.2) is 0 Å². The Morgan fingerprint density at radius 2 is 2.09 bits per heavy atom. The molecule has 6 nitrogen and oxygen atoms in total. The van der Waals surface area contributed by atoms with E-state index in [-0.39, 0.29) is 18.3 Å². The standard InChI is InChI=1S/C17H18N2O4/c1-22-15(20)10-14(11-4-7-18-8-5-11)19-17(21)13-6-9-23-16(13)12-2-3-12/h4-9,12,14H,2-3,10H2,1H3,(H,19,21). The van der Waals surface area contributed by atoms with Crippen LogP contribution < -0.4 is 5.32 Å². The highest BCUT2D eigenvalue weighted by Gasteiger charge is 2.32. The van der Waals surface area contributed by atoms with E-state index in [1.165, 1.54) is 13.4 Å². The van der Waals surface area contributed by atoms with Gasteiger partial charge in [0.05, 0.1) is 31.4 Å². The van der Waals surface area contributed by atoms with Crippen molar-refractivity contribution < 1.29 is 18.7 Å². The average Bonchev–Trinajstić information content (AvgIpc) is 3.31. The number of amides is 1. The molecule has 0 saturated heterocycles. The molecule has 1 aliphatic carbocycles. The van der Waals surface area contributed by atoms with E-state index in [2.05, 4.69) is 10.3 Å². The van der Waals surface area contributed by atoms with Crippen molar-refractivity contribution in [2.75, 3.05) is 7.11 Å². The smallest absolute Gasteiger partial charge is 0.307 e. The molecule has 1 aliphatic rings. The molecule has 0 aromatic carbocycles. The number of hydrogen-bond acceptors (Lipinski definition) is 5. The highest BCUT2D eigenvalue weighted by atomic mass is 16.5. The van der Waals surface area contributed by atoms with Gasteiger partial charge in [-0.05, 0) is 36.6 Å². The van der Waals surface area contributed by atoms with Gasteiger partial charge in [0.25, 0.3) is 5.91 Å². The number of nitrogens with zero attached hydrogens (tertiary/aromatic N) is 1. The summed E-state index contributed by atoms with van der Waals surface area (Å²) in [7, 11) is 1.33. The maximum Gasteiger partial charge on any atom is 0.307 e. The molecular formula is C17H18N2O4. The number of ether oxygens (including phenoxy) is 1. The van der Waals surface area contributed by atoms with Crippen molar-refractivity contribution in [3.63, 3.8) is 0 Å². The van der Waals surface area contributed by atoms with Gasteiger partial charge in [-0.1, -0.05) is 0 Å². The summed E-state index contributed by atoms with van der Waals surface area (Å²) in [6, 6.07) is 4.74. The molecule has 1 fully saturated rings. The van der Waals surface area contributed by atoms with Gasteiger partial charge in [0.2, 0.25) is 0 Å². The maximum absolute atomic E-state index is 12.6. The molecule has 1 amide bonds. The van der Waals surface area contributed by atoms with Gasteiger partial charge < -0.3 is 14.5 Å². The second-order valence-corrected chi connectivity index (χ2v) is 5.56. The number of nitrogens with one attached hydrogen (secondary N) is 1. The zero-order valence-corrected chi connectivity index (χ0v) is 12.8. The molecule has 1 N–H and O–H groups in total. The van der Waals surface area contributed by atoms with Gasteiger partial charge in [-0.3, -0.25) is 14.6 Å². The van der Waals surface area contributed by atoms with E-state index in [0.717, 1.165) is 24.2 Å². The molecule has 0 aliphatic heterocycles. The molecule has 6 heteroatoms. The second-order valence-electron chi connectivity index (χ2n) is 5.56. The van der Waals surface area contributed by atoms with Crippen molar-refractivity contribution in [3.8, 4) is 0 Å². The third kappa shape index (κ3) is 3.59. The molecular weight excluding hydrogens is 296 g/mol. The van der Waals surface area contributed by atoms with Crippen LogP contribution in [0.3, 0.4) is 0 Å². The number of carbonyl (C=O) groups excluding carboxylic acids is 2. The summed E-state index contributed by atoms with van der Waals surface area (Å²) in [5.41, 5.74) is 1.34. The van der Waals surface area contributed by atoms with Crippen molar-refractivity contribution in [2.45, 2.75) is 31.2 Å². The summed E-state index contributed by atoms with van der Waals surface area (Å²) in [5.74, 6) is 0.438. The SMILES string of the molecule is COC(=O)CC(NC(=O)c1ccoc1C1CC1)c1ccncc1. The first-order chi connectivity index (χ1) is 11.2. The van der Waals surface area contributed by atoms with Crippen LogP contribution in [0.15, 0.2) is 41.3 Å². The summed E-state index contributed by atoms with van der Waals surface area (Å²) < 4.78 is 10.2. The molecule has 1 unspecified atom stereocenters. The number of furan rings is 1. The van der Waals surface area contributed by atoms with E-state index in [4.69, 9.17) is 9.15 Å². The molecule has 120 valence electrons. The van der Waals surface area contributed by atoms with E-state index in [1.807, 2.05) is 0 Å². The molecule has 0 spiro atoms. The lowest BCUT2D eigenvalue weighted by molar-refractivity contribution is -0.141. The number of aromatic nitrogens is 1. The fourth-order valence-corrected chi connectivity index (χ4v) is 2.50. The summed E-state index contributed by atoms with van der Waals surface area (Å²) >= 11 is 0. The molecule has 2 aromatic heterocycles. The first-order valence-corrected chi connectivity index (χ1v) is 7.54. The zero-order valence-electron chi connectivity index (χ0n) is 12.8. The summed E-state index contributed by atoms with van der Waals surface area (Å²) in [4.78, 5) is 28.2. The lowest BCUT2D eigenvalue weighted by Gasteiger charge is -2.18. The molecule has 23 heavy (non-hydrogen) atoms. The lowest BCUT2D eigenvalue weighted by Crippen LogP contribution is -2.30. The quantitative estimate of drug-likeness (QED) is 0.829. The Balaban J connectivity index is 1.78. The molecule has 3 rings (SSSR count). The molecule has 1 saturated carbocycles. The Kier molecular flexibility index (Phi) is 4.41. The fourth-order valence-electron chi connectivity index (χ4n) is 2.50. The first-order valence-electron chi connectivity index (χ1n) is 7.54. The Bertz CT molecular complexity index is 692. The van der Waals surface area contributed by atoms with Crippen molar-refractivity contribution >= 4 is 11.9 Å². The monoisotopic (exact) mass is 314 g/mol. The van der Waals surface area contributed by atoms with Crippen LogP contribution in [0.1, 0.15) is 52.9 Å². The van der Waals surface area contributed by atoms with E-state index < -0.39 is 6.04 Å². The van der Waals surface area contributed by atoms with Crippen LogP contribution >= 0.6 is 0 Å². The summed E-state index contributed by atoms with van der Waals surface area (Å²) in [5, 5.41) is 2.90.